The SMILES string of the molecule is Cc1ccc(-n2cnc(C(=O)Nc3ccc(C(=O)OC(C)C)cc3)n2)cc1. The summed E-state index contributed by atoms with van der Waals surface area (Å²) in [5, 5.41) is 6.91. The summed E-state index contributed by atoms with van der Waals surface area (Å²) in [4.78, 5) is 28.2. The van der Waals surface area contributed by atoms with E-state index in [2.05, 4.69) is 15.4 Å². The maximum Gasteiger partial charge on any atom is 0.338 e. The van der Waals surface area contributed by atoms with Crippen molar-refractivity contribution in [3.8, 4) is 5.69 Å². The number of aromatic nitrogens is 3. The van der Waals surface area contributed by atoms with Crippen molar-refractivity contribution in [3.05, 3.63) is 71.8 Å². The lowest BCUT2D eigenvalue weighted by molar-refractivity contribution is 0.0378. The predicted octanol–water partition coefficient (Wildman–Crippen LogP) is 3.39. The van der Waals surface area contributed by atoms with E-state index >= 15 is 0 Å². The number of anilines is 1. The Hall–Kier alpha value is -3.48. The van der Waals surface area contributed by atoms with Crippen LogP contribution in [-0.4, -0.2) is 32.7 Å². The van der Waals surface area contributed by atoms with E-state index in [0.29, 0.717) is 11.3 Å². The van der Waals surface area contributed by atoms with Gasteiger partial charge in [0.05, 0.1) is 17.4 Å². The predicted molar refractivity (Wildman–Crippen MR) is 101 cm³/mol. The zero-order chi connectivity index (χ0) is 19.4. The van der Waals surface area contributed by atoms with Crippen molar-refractivity contribution in [2.75, 3.05) is 5.32 Å². The van der Waals surface area contributed by atoms with E-state index in [1.807, 2.05) is 31.2 Å². The van der Waals surface area contributed by atoms with E-state index in [1.165, 1.54) is 6.33 Å². The van der Waals surface area contributed by atoms with Crippen LogP contribution in [0.1, 0.15) is 40.4 Å². The van der Waals surface area contributed by atoms with E-state index < -0.39 is 11.9 Å². The van der Waals surface area contributed by atoms with Crippen LogP contribution in [0.3, 0.4) is 0 Å². The van der Waals surface area contributed by atoms with E-state index in [1.54, 1.807) is 42.8 Å². The lowest BCUT2D eigenvalue weighted by atomic mass is 10.2. The van der Waals surface area contributed by atoms with Crippen LogP contribution >= 0.6 is 0 Å². The monoisotopic (exact) mass is 364 g/mol. The average Bonchev–Trinajstić information content (AvgIpc) is 3.12. The van der Waals surface area contributed by atoms with Gasteiger partial charge in [-0.05, 0) is 57.2 Å². The molecule has 3 aromatic rings. The second-order valence-corrected chi connectivity index (χ2v) is 6.33. The van der Waals surface area contributed by atoms with E-state index in [-0.39, 0.29) is 11.9 Å². The summed E-state index contributed by atoms with van der Waals surface area (Å²) in [6.45, 7) is 5.57. The van der Waals surface area contributed by atoms with Crippen molar-refractivity contribution in [1.29, 1.82) is 0 Å². The minimum atomic E-state index is -0.432. The Morgan fingerprint density at radius 2 is 1.70 bits per heavy atom. The summed E-state index contributed by atoms with van der Waals surface area (Å²) in [6, 6.07) is 14.2. The fourth-order valence-electron chi connectivity index (χ4n) is 2.35. The molecule has 0 fully saturated rings. The first kappa shape index (κ1) is 18.3. The zero-order valence-electron chi connectivity index (χ0n) is 15.3. The minimum Gasteiger partial charge on any atom is -0.459 e. The van der Waals surface area contributed by atoms with Gasteiger partial charge in [0.25, 0.3) is 5.91 Å². The molecule has 7 nitrogen and oxygen atoms in total. The number of hydrogen-bond donors (Lipinski definition) is 1. The molecule has 0 saturated heterocycles. The summed E-state index contributed by atoms with van der Waals surface area (Å²) in [7, 11) is 0. The van der Waals surface area contributed by atoms with Gasteiger partial charge in [-0.25, -0.2) is 14.5 Å². The van der Waals surface area contributed by atoms with Crippen molar-refractivity contribution >= 4 is 17.6 Å². The molecule has 1 heterocycles. The highest BCUT2D eigenvalue weighted by Crippen LogP contribution is 2.13. The number of ether oxygens (including phenoxy) is 1. The normalized spacial score (nSPS) is 10.7. The highest BCUT2D eigenvalue weighted by molar-refractivity contribution is 6.01. The Kier molecular flexibility index (Phi) is 5.30. The first-order chi connectivity index (χ1) is 12.9. The molecular weight excluding hydrogens is 344 g/mol. The molecule has 0 radical (unpaired) electrons. The van der Waals surface area contributed by atoms with Crippen LogP contribution in [-0.2, 0) is 4.74 Å². The molecule has 0 aliphatic heterocycles. The molecule has 0 saturated carbocycles. The van der Waals surface area contributed by atoms with Crippen molar-refractivity contribution in [2.24, 2.45) is 0 Å². The largest absolute Gasteiger partial charge is 0.459 e. The van der Waals surface area contributed by atoms with Gasteiger partial charge in [0.1, 0.15) is 6.33 Å². The maximum atomic E-state index is 12.3. The standard InChI is InChI=1S/C20H20N4O3/c1-13(2)27-20(26)15-6-8-16(9-7-15)22-19(25)18-21-12-24(23-18)17-10-4-14(3)5-11-17/h4-13H,1-3H3,(H,22,25). The van der Waals surface area contributed by atoms with Gasteiger partial charge in [-0.1, -0.05) is 17.7 Å². The first-order valence-electron chi connectivity index (χ1n) is 8.53. The third-order valence-electron chi connectivity index (χ3n) is 3.71. The van der Waals surface area contributed by atoms with Crippen LogP contribution in [0.5, 0.6) is 0 Å². The minimum absolute atomic E-state index is 0.0545. The molecule has 27 heavy (non-hydrogen) atoms. The summed E-state index contributed by atoms with van der Waals surface area (Å²) in [5.41, 5.74) is 2.91. The van der Waals surface area contributed by atoms with Crippen LogP contribution in [0.2, 0.25) is 0 Å². The van der Waals surface area contributed by atoms with Gasteiger partial charge in [0.2, 0.25) is 5.82 Å². The molecule has 2 aromatic carbocycles. The van der Waals surface area contributed by atoms with E-state index in [4.69, 9.17) is 4.74 Å². The molecule has 0 unspecified atom stereocenters. The van der Waals surface area contributed by atoms with Crippen LogP contribution < -0.4 is 5.32 Å². The van der Waals surface area contributed by atoms with Crippen LogP contribution in [0.25, 0.3) is 5.69 Å². The fourth-order valence-corrected chi connectivity index (χ4v) is 2.35. The Bertz CT molecular complexity index is 944. The van der Waals surface area contributed by atoms with E-state index in [0.717, 1.165) is 11.3 Å². The Labute approximate surface area is 157 Å². The number of benzene rings is 2. The number of amides is 1. The number of carbonyl (C=O) groups is 2. The highest BCUT2D eigenvalue weighted by Gasteiger charge is 2.14. The Morgan fingerprint density at radius 1 is 1.04 bits per heavy atom. The molecule has 3 rings (SSSR count). The molecule has 1 aromatic heterocycles. The molecule has 138 valence electrons. The number of rotatable bonds is 5. The highest BCUT2D eigenvalue weighted by atomic mass is 16.5. The molecule has 0 spiro atoms. The zero-order valence-corrected chi connectivity index (χ0v) is 15.3. The lowest BCUT2D eigenvalue weighted by Gasteiger charge is -2.08. The Morgan fingerprint density at radius 3 is 2.33 bits per heavy atom. The second kappa shape index (κ2) is 7.82. The summed E-state index contributed by atoms with van der Waals surface area (Å²) < 4.78 is 6.67. The Balaban J connectivity index is 1.67. The number of carbonyl (C=O) groups excluding carboxylic acids is 2. The third kappa shape index (κ3) is 4.58. The van der Waals surface area contributed by atoms with Gasteiger partial charge < -0.3 is 10.1 Å². The van der Waals surface area contributed by atoms with Gasteiger partial charge in [-0.3, -0.25) is 4.79 Å². The van der Waals surface area contributed by atoms with Gasteiger partial charge in [0.15, 0.2) is 0 Å². The number of esters is 1. The molecular formula is C20H20N4O3. The quantitative estimate of drug-likeness (QED) is 0.701. The maximum absolute atomic E-state index is 12.3. The van der Waals surface area contributed by atoms with Gasteiger partial charge in [-0.15, -0.1) is 5.10 Å². The third-order valence-corrected chi connectivity index (χ3v) is 3.71. The summed E-state index contributed by atoms with van der Waals surface area (Å²) in [5.74, 6) is -0.779. The smallest absolute Gasteiger partial charge is 0.338 e. The number of hydrogen-bond acceptors (Lipinski definition) is 5. The molecule has 0 atom stereocenters. The first-order valence-corrected chi connectivity index (χ1v) is 8.53. The number of nitrogens with one attached hydrogen (secondary N) is 1. The number of aryl methyl sites for hydroxylation is 1. The molecule has 0 aliphatic rings. The van der Waals surface area contributed by atoms with Crippen molar-refractivity contribution in [3.63, 3.8) is 0 Å². The van der Waals surface area contributed by atoms with Crippen molar-refractivity contribution in [2.45, 2.75) is 26.9 Å². The molecule has 1 amide bonds. The lowest BCUT2D eigenvalue weighted by Crippen LogP contribution is -2.15. The summed E-state index contributed by atoms with van der Waals surface area (Å²) >= 11 is 0. The molecule has 1 N–H and O–H groups in total. The van der Waals surface area contributed by atoms with Crippen molar-refractivity contribution < 1.29 is 14.3 Å². The van der Waals surface area contributed by atoms with Gasteiger partial charge in [-0.2, -0.15) is 0 Å². The summed E-state index contributed by atoms with van der Waals surface area (Å²) in [6.07, 6.45) is 1.30. The molecule has 7 heteroatoms. The average molecular weight is 364 g/mol. The van der Waals surface area contributed by atoms with Crippen LogP contribution in [0.15, 0.2) is 54.9 Å². The van der Waals surface area contributed by atoms with Crippen LogP contribution in [0, 0.1) is 6.92 Å². The fraction of sp³-hybridized carbons (Fsp3) is 0.200. The van der Waals surface area contributed by atoms with Crippen molar-refractivity contribution in [1.82, 2.24) is 14.8 Å². The second-order valence-electron chi connectivity index (χ2n) is 6.33. The van der Waals surface area contributed by atoms with Gasteiger partial charge in [0, 0.05) is 5.69 Å². The van der Waals surface area contributed by atoms with Crippen LogP contribution in [0.4, 0.5) is 5.69 Å². The molecule has 0 aliphatic carbocycles. The van der Waals surface area contributed by atoms with E-state index in [9.17, 15) is 9.59 Å². The van der Waals surface area contributed by atoms with Gasteiger partial charge >= 0.3 is 5.97 Å². The molecule has 0 bridgehead atoms. The topological polar surface area (TPSA) is 86.1 Å². The number of nitrogens with zero attached hydrogens (tertiary/aromatic N) is 3.